The van der Waals surface area contributed by atoms with Gasteiger partial charge in [-0.15, -0.1) is 0 Å². The van der Waals surface area contributed by atoms with E-state index in [4.69, 9.17) is 0 Å². The summed E-state index contributed by atoms with van der Waals surface area (Å²) in [6.07, 6.45) is 1.01. The summed E-state index contributed by atoms with van der Waals surface area (Å²) in [5, 5.41) is 6.63. The van der Waals surface area contributed by atoms with Crippen LogP contribution in [0.4, 0.5) is 13.2 Å². The molecule has 2 aromatic rings. The first-order valence-corrected chi connectivity index (χ1v) is 15.7. The van der Waals surface area contributed by atoms with Crippen LogP contribution in [-0.4, -0.2) is 37.8 Å². The highest BCUT2D eigenvalue weighted by Crippen LogP contribution is 2.34. The number of nitrogens with one attached hydrogen (secondary N) is 2. The third-order valence-electron chi connectivity index (χ3n) is 8.14. The molecule has 0 bridgehead atoms. The Balaban J connectivity index is 1.42. The molecule has 2 N–H and O–H groups in total. The smallest absolute Gasteiger partial charge is 0.349 e. The van der Waals surface area contributed by atoms with Crippen LogP contribution in [0.2, 0.25) is 0 Å². The molecular weight excluding hydrogens is 539 g/mol. The summed E-state index contributed by atoms with van der Waals surface area (Å²) in [7, 11) is -4.19. The summed E-state index contributed by atoms with van der Waals surface area (Å²) in [5.41, 5.74) is 2.53. The van der Waals surface area contributed by atoms with Gasteiger partial charge in [0.1, 0.15) is 0 Å². The van der Waals surface area contributed by atoms with Crippen LogP contribution in [-0.2, 0) is 34.0 Å². The van der Waals surface area contributed by atoms with Crippen LogP contribution in [0, 0.1) is 5.92 Å². The summed E-state index contributed by atoms with van der Waals surface area (Å²) in [4.78, 5) is 12.8. The van der Waals surface area contributed by atoms with Crippen molar-refractivity contribution < 1.29 is 26.4 Å². The number of hydrogen-bond acceptors (Lipinski definition) is 4. The number of benzene rings is 2. The quantitative estimate of drug-likeness (QED) is 0.364. The van der Waals surface area contributed by atoms with Gasteiger partial charge in [-0.1, -0.05) is 51.0 Å². The third-order valence-corrected chi connectivity index (χ3v) is 10.1. The Morgan fingerprint density at radius 2 is 1.90 bits per heavy atom. The Bertz CT molecular complexity index is 1280. The highest BCUT2D eigenvalue weighted by molar-refractivity contribution is 7.89. The highest BCUT2D eigenvalue weighted by atomic mass is 32.2. The molecule has 0 radical (unpaired) electrons. The summed E-state index contributed by atoms with van der Waals surface area (Å²) in [5.74, 6) is 0.380. The molecule has 1 aliphatic heterocycles. The molecule has 1 heterocycles. The van der Waals surface area contributed by atoms with Crippen LogP contribution in [0.3, 0.4) is 0 Å². The molecule has 0 spiro atoms. The van der Waals surface area contributed by atoms with Gasteiger partial charge in [-0.3, -0.25) is 4.79 Å². The standard InChI is InChI=1S/C30H40F3N3O3S/c1-3-21(2)19-34-20-22-13-14-27-23(16-22)8-6-12-28(27)35-29(37)18-25-10-4-5-15-36(25)40(38,39)26-11-7-9-24(17-26)30(31,32)33/h7,9,11,13-14,16-17,21,25,28,34H,3-6,8,10,12,15,18-20H2,1-2H3,(H,35,37)/t21?,25-,28+/m0/s1. The Morgan fingerprint density at radius 1 is 1.10 bits per heavy atom. The maximum Gasteiger partial charge on any atom is 0.416 e. The molecule has 4 rings (SSSR count). The molecule has 1 unspecified atom stereocenters. The number of carbonyl (C=O) groups excluding carboxylic acids is 1. The van der Waals surface area contributed by atoms with E-state index in [-0.39, 0.29) is 24.9 Å². The minimum Gasteiger partial charge on any atom is -0.349 e. The van der Waals surface area contributed by atoms with E-state index in [9.17, 15) is 26.4 Å². The number of carbonyl (C=O) groups is 1. The molecule has 2 aliphatic rings. The molecule has 1 amide bonds. The predicted octanol–water partition coefficient (Wildman–Crippen LogP) is 5.97. The average molecular weight is 580 g/mol. The Labute approximate surface area is 235 Å². The molecule has 3 atom stereocenters. The van der Waals surface area contributed by atoms with E-state index in [0.29, 0.717) is 24.8 Å². The number of hydrogen-bond donors (Lipinski definition) is 2. The van der Waals surface area contributed by atoms with Gasteiger partial charge in [0.2, 0.25) is 15.9 Å². The predicted molar refractivity (Wildman–Crippen MR) is 149 cm³/mol. The summed E-state index contributed by atoms with van der Waals surface area (Å²) < 4.78 is 67.7. The molecule has 0 saturated carbocycles. The molecular formula is C30H40F3N3O3S. The van der Waals surface area contributed by atoms with Crippen LogP contribution in [0.25, 0.3) is 0 Å². The molecule has 220 valence electrons. The van der Waals surface area contributed by atoms with Gasteiger partial charge in [0.25, 0.3) is 0 Å². The van der Waals surface area contributed by atoms with Crippen molar-refractivity contribution >= 4 is 15.9 Å². The lowest BCUT2D eigenvalue weighted by atomic mass is 9.86. The second kappa shape index (κ2) is 13.0. The lowest BCUT2D eigenvalue weighted by Gasteiger charge is -2.35. The van der Waals surface area contributed by atoms with Crippen molar-refractivity contribution in [2.24, 2.45) is 5.92 Å². The first kappa shape index (κ1) is 30.5. The average Bonchev–Trinajstić information content (AvgIpc) is 2.92. The van der Waals surface area contributed by atoms with Crippen molar-refractivity contribution in [3.8, 4) is 0 Å². The number of aryl methyl sites for hydroxylation is 1. The van der Waals surface area contributed by atoms with Gasteiger partial charge < -0.3 is 10.6 Å². The van der Waals surface area contributed by atoms with Crippen molar-refractivity contribution in [2.45, 2.75) is 94.9 Å². The van der Waals surface area contributed by atoms with E-state index in [2.05, 4.69) is 42.7 Å². The van der Waals surface area contributed by atoms with Crippen molar-refractivity contribution in [2.75, 3.05) is 13.1 Å². The van der Waals surface area contributed by atoms with Gasteiger partial charge >= 0.3 is 6.18 Å². The van der Waals surface area contributed by atoms with Gasteiger partial charge in [-0.2, -0.15) is 17.5 Å². The SMILES string of the molecule is CCC(C)CNCc1ccc2c(c1)CCC[C@H]2NC(=O)C[C@@H]1CCCCN1S(=O)(=O)c1cccc(C(F)(F)F)c1. The topological polar surface area (TPSA) is 78.5 Å². The summed E-state index contributed by atoms with van der Waals surface area (Å²) >= 11 is 0. The van der Waals surface area contributed by atoms with Gasteiger partial charge in [0, 0.05) is 25.6 Å². The largest absolute Gasteiger partial charge is 0.416 e. The molecule has 1 saturated heterocycles. The zero-order valence-electron chi connectivity index (χ0n) is 23.3. The normalized spacial score (nSPS) is 21.0. The van der Waals surface area contributed by atoms with Gasteiger partial charge in [0.05, 0.1) is 16.5 Å². The fraction of sp³-hybridized carbons (Fsp3) is 0.567. The third kappa shape index (κ3) is 7.44. The fourth-order valence-electron chi connectivity index (χ4n) is 5.66. The first-order valence-electron chi connectivity index (χ1n) is 14.3. The van der Waals surface area contributed by atoms with Crippen molar-refractivity contribution in [1.82, 2.24) is 14.9 Å². The van der Waals surface area contributed by atoms with E-state index in [1.165, 1.54) is 21.5 Å². The first-order chi connectivity index (χ1) is 19.0. The lowest BCUT2D eigenvalue weighted by Crippen LogP contribution is -2.46. The monoisotopic (exact) mass is 579 g/mol. The Hall–Kier alpha value is -2.43. The molecule has 2 aromatic carbocycles. The number of fused-ring (bicyclic) bond motifs is 1. The second-order valence-electron chi connectivity index (χ2n) is 11.2. The minimum atomic E-state index is -4.64. The van der Waals surface area contributed by atoms with Crippen molar-refractivity contribution in [1.29, 1.82) is 0 Å². The molecule has 40 heavy (non-hydrogen) atoms. The number of sulfonamides is 1. The zero-order valence-corrected chi connectivity index (χ0v) is 24.1. The van der Waals surface area contributed by atoms with E-state index >= 15 is 0 Å². The number of rotatable bonds is 10. The molecule has 10 heteroatoms. The van der Waals surface area contributed by atoms with E-state index in [1.807, 2.05) is 0 Å². The van der Waals surface area contributed by atoms with E-state index in [0.717, 1.165) is 62.9 Å². The Morgan fingerprint density at radius 3 is 2.65 bits per heavy atom. The molecule has 1 fully saturated rings. The van der Waals surface area contributed by atoms with E-state index < -0.39 is 32.7 Å². The number of amides is 1. The maximum atomic E-state index is 13.4. The Kier molecular flexibility index (Phi) is 9.95. The number of halogens is 3. The number of piperidine rings is 1. The summed E-state index contributed by atoms with van der Waals surface area (Å²) in [6.45, 7) is 6.35. The second-order valence-corrected chi connectivity index (χ2v) is 13.1. The lowest BCUT2D eigenvalue weighted by molar-refractivity contribution is -0.137. The minimum absolute atomic E-state index is 0.0261. The van der Waals surface area contributed by atoms with Crippen LogP contribution in [0.1, 0.15) is 87.1 Å². The van der Waals surface area contributed by atoms with Crippen LogP contribution in [0.15, 0.2) is 47.4 Å². The van der Waals surface area contributed by atoms with E-state index in [1.54, 1.807) is 0 Å². The summed E-state index contributed by atoms with van der Waals surface area (Å²) in [6, 6.07) is 9.47. The van der Waals surface area contributed by atoms with Crippen molar-refractivity contribution in [3.05, 3.63) is 64.7 Å². The maximum absolute atomic E-state index is 13.4. The van der Waals surface area contributed by atoms with Gasteiger partial charge in [0.15, 0.2) is 0 Å². The fourth-order valence-corrected chi connectivity index (χ4v) is 7.40. The van der Waals surface area contributed by atoms with Gasteiger partial charge in [-0.05, 0) is 79.5 Å². The van der Waals surface area contributed by atoms with Crippen LogP contribution in [0.5, 0.6) is 0 Å². The number of alkyl halides is 3. The number of nitrogens with zero attached hydrogens (tertiary/aromatic N) is 1. The van der Waals surface area contributed by atoms with Crippen LogP contribution < -0.4 is 10.6 Å². The molecule has 0 aromatic heterocycles. The van der Waals surface area contributed by atoms with Crippen molar-refractivity contribution in [3.63, 3.8) is 0 Å². The molecule has 6 nitrogen and oxygen atoms in total. The van der Waals surface area contributed by atoms with Gasteiger partial charge in [-0.25, -0.2) is 8.42 Å². The highest BCUT2D eigenvalue weighted by Gasteiger charge is 2.37. The zero-order chi connectivity index (χ0) is 28.9. The van der Waals surface area contributed by atoms with Crippen LogP contribution >= 0.6 is 0 Å². The molecule has 1 aliphatic carbocycles.